The van der Waals surface area contributed by atoms with Crippen LogP contribution in [-0.4, -0.2) is 81.6 Å². The highest BCUT2D eigenvalue weighted by Gasteiger charge is 2.65. The summed E-state index contributed by atoms with van der Waals surface area (Å²) in [6.45, 7) is 4.35. The molecule has 0 saturated carbocycles. The Hall–Kier alpha value is -3.23. The van der Waals surface area contributed by atoms with Crippen LogP contribution >= 0.6 is 7.75 Å². The van der Waals surface area contributed by atoms with Crippen LogP contribution in [0, 0.1) is 6.92 Å². The van der Waals surface area contributed by atoms with E-state index < -0.39 is 50.2 Å². The highest BCUT2D eigenvalue weighted by atomic mass is 31.2. The minimum atomic E-state index is -4.53. The van der Waals surface area contributed by atoms with Crippen molar-refractivity contribution in [1.29, 1.82) is 0 Å². The Kier molecular flexibility index (Phi) is 8.67. The predicted molar refractivity (Wildman–Crippen MR) is 144 cm³/mol. The van der Waals surface area contributed by atoms with Crippen LogP contribution in [0.3, 0.4) is 0 Å². The third-order valence-electron chi connectivity index (χ3n) is 6.32. The van der Waals surface area contributed by atoms with Gasteiger partial charge in [-0.1, -0.05) is 18.2 Å². The SMILES string of the molecule is CCOC(=O)[C@@H](C)NP(=O)(OC[C@@]1(F)O[C@@H](n2cnc3c(N(C)C)nc(C)nc32)[C@](C)(F)[C@@H]1O)Oc1ccccc1. The highest BCUT2D eigenvalue weighted by Crippen LogP contribution is 2.52. The van der Waals surface area contributed by atoms with Crippen molar-refractivity contribution in [2.75, 3.05) is 32.2 Å². The quantitative estimate of drug-likeness (QED) is 0.246. The lowest BCUT2D eigenvalue weighted by molar-refractivity contribution is -0.202. The Morgan fingerprint density at radius 1 is 1.29 bits per heavy atom. The molecule has 1 fully saturated rings. The zero-order valence-electron chi connectivity index (χ0n) is 23.4. The molecule has 1 aromatic carbocycles. The van der Waals surface area contributed by atoms with E-state index in [1.807, 2.05) is 0 Å². The van der Waals surface area contributed by atoms with Crippen molar-refractivity contribution in [3.63, 3.8) is 0 Å². The van der Waals surface area contributed by atoms with Gasteiger partial charge in [0.2, 0.25) is 0 Å². The Balaban J connectivity index is 1.63. The van der Waals surface area contributed by atoms with E-state index in [2.05, 4.69) is 20.0 Å². The lowest BCUT2D eigenvalue weighted by Crippen LogP contribution is -2.47. The molecule has 0 radical (unpaired) electrons. The minimum Gasteiger partial charge on any atom is -0.465 e. The molecule has 16 heteroatoms. The van der Waals surface area contributed by atoms with Crippen molar-refractivity contribution >= 4 is 30.7 Å². The number of imidazole rings is 1. The first-order valence-corrected chi connectivity index (χ1v) is 14.3. The first-order chi connectivity index (χ1) is 19.2. The van der Waals surface area contributed by atoms with Gasteiger partial charge in [-0.2, -0.15) is 5.09 Å². The molecule has 13 nitrogen and oxygen atoms in total. The number of nitrogens with zero attached hydrogens (tertiary/aromatic N) is 5. The number of benzene rings is 1. The van der Waals surface area contributed by atoms with Gasteiger partial charge in [0.1, 0.15) is 24.2 Å². The Morgan fingerprint density at radius 2 is 1.98 bits per heavy atom. The van der Waals surface area contributed by atoms with Gasteiger partial charge < -0.3 is 24.0 Å². The van der Waals surface area contributed by atoms with Gasteiger partial charge in [-0.15, -0.1) is 0 Å². The Bertz CT molecular complexity index is 1440. The van der Waals surface area contributed by atoms with Crippen LogP contribution in [0.25, 0.3) is 11.2 Å². The number of ether oxygens (including phenoxy) is 2. The van der Waals surface area contributed by atoms with E-state index in [-0.39, 0.29) is 18.0 Å². The van der Waals surface area contributed by atoms with Gasteiger partial charge in [0.15, 0.2) is 35.0 Å². The second-order valence-corrected chi connectivity index (χ2v) is 11.6. The number of nitrogens with one attached hydrogen (secondary N) is 1. The summed E-state index contributed by atoms with van der Waals surface area (Å²) in [5.74, 6) is -3.11. The van der Waals surface area contributed by atoms with Crippen LogP contribution < -0.4 is 14.5 Å². The molecule has 3 aromatic rings. The molecule has 1 aliphatic heterocycles. The molecule has 0 amide bonds. The maximum absolute atomic E-state index is 16.2. The molecule has 224 valence electrons. The van der Waals surface area contributed by atoms with Crippen molar-refractivity contribution in [1.82, 2.24) is 24.6 Å². The van der Waals surface area contributed by atoms with Crippen molar-refractivity contribution in [2.45, 2.75) is 57.6 Å². The lowest BCUT2D eigenvalue weighted by atomic mass is 9.97. The van der Waals surface area contributed by atoms with E-state index in [1.54, 1.807) is 51.0 Å². The molecule has 3 heterocycles. The number of aliphatic hydroxyl groups excluding tert-OH is 1. The number of aliphatic hydroxyl groups is 1. The lowest BCUT2D eigenvalue weighted by Gasteiger charge is -2.28. The maximum Gasteiger partial charge on any atom is 0.459 e. The number of esters is 1. The van der Waals surface area contributed by atoms with Crippen molar-refractivity contribution in [2.24, 2.45) is 0 Å². The van der Waals surface area contributed by atoms with Crippen molar-refractivity contribution < 1.29 is 41.8 Å². The van der Waals surface area contributed by atoms with Gasteiger partial charge in [0.25, 0.3) is 5.85 Å². The average molecular weight is 599 g/mol. The zero-order chi connectivity index (χ0) is 30.2. The Morgan fingerprint density at radius 3 is 2.61 bits per heavy atom. The number of rotatable bonds is 11. The van der Waals surface area contributed by atoms with E-state index in [4.69, 9.17) is 18.5 Å². The summed E-state index contributed by atoms with van der Waals surface area (Å²) in [4.78, 5) is 26.8. The topological polar surface area (TPSA) is 150 Å². The van der Waals surface area contributed by atoms with Crippen LogP contribution in [0.5, 0.6) is 5.75 Å². The molecule has 1 unspecified atom stereocenters. The molecule has 4 rings (SSSR count). The number of hydrogen-bond acceptors (Lipinski definition) is 11. The minimum absolute atomic E-state index is 0.0586. The fourth-order valence-corrected chi connectivity index (χ4v) is 5.80. The predicted octanol–water partition coefficient (Wildman–Crippen LogP) is 3.23. The largest absolute Gasteiger partial charge is 0.465 e. The summed E-state index contributed by atoms with van der Waals surface area (Å²) < 4.78 is 68.3. The number of fused-ring (bicyclic) bond motifs is 1. The number of aromatic nitrogens is 4. The second kappa shape index (κ2) is 11.6. The maximum atomic E-state index is 16.2. The van der Waals surface area contributed by atoms with E-state index in [0.29, 0.717) is 17.2 Å². The molecule has 0 spiro atoms. The first kappa shape index (κ1) is 30.7. The third-order valence-corrected chi connectivity index (χ3v) is 7.94. The zero-order valence-corrected chi connectivity index (χ0v) is 24.3. The van der Waals surface area contributed by atoms with Crippen molar-refractivity contribution in [3.05, 3.63) is 42.5 Å². The first-order valence-electron chi connectivity index (χ1n) is 12.8. The number of alkyl halides is 2. The molecule has 2 aromatic heterocycles. The van der Waals surface area contributed by atoms with Gasteiger partial charge in [-0.3, -0.25) is 13.9 Å². The van der Waals surface area contributed by atoms with Gasteiger partial charge in [-0.25, -0.2) is 28.3 Å². The summed E-state index contributed by atoms with van der Waals surface area (Å²) in [7, 11) is -1.05. The standard InChI is InChI=1S/C25H33F2N6O7P/c1-7-37-21(34)15(2)31-41(36,40-17-11-9-8-10-12-17)38-13-25(27)22(35)24(4,26)23(39-25)33-14-28-18-19(32(5)6)29-16(3)30-20(18)33/h8-12,14-15,22-23,35H,7,13H2,1-6H3,(H,31,36)/t15-,22+,23-,24-,25-,41?/m1/s1. The smallest absolute Gasteiger partial charge is 0.459 e. The molecule has 1 saturated heterocycles. The summed E-state index contributed by atoms with van der Waals surface area (Å²) in [6, 6.07) is 6.60. The number of para-hydroxylation sites is 1. The monoisotopic (exact) mass is 598 g/mol. The molecule has 6 atom stereocenters. The van der Waals surface area contributed by atoms with Crippen LogP contribution in [0.4, 0.5) is 14.6 Å². The summed E-state index contributed by atoms with van der Waals surface area (Å²) in [5, 5.41) is 13.2. The van der Waals surface area contributed by atoms with Crippen molar-refractivity contribution in [3.8, 4) is 5.75 Å². The van der Waals surface area contributed by atoms with Crippen LogP contribution in [-0.2, 0) is 23.4 Å². The van der Waals surface area contributed by atoms with E-state index in [9.17, 15) is 14.5 Å². The summed E-state index contributed by atoms with van der Waals surface area (Å²) >= 11 is 0. The number of carbonyl (C=O) groups is 1. The normalized spacial score (nSPS) is 26.5. The van der Waals surface area contributed by atoms with E-state index >= 15 is 8.78 Å². The molecule has 2 N–H and O–H groups in total. The molecule has 0 aliphatic carbocycles. The molecular weight excluding hydrogens is 565 g/mol. The highest BCUT2D eigenvalue weighted by molar-refractivity contribution is 7.52. The number of aryl methyl sites for hydroxylation is 1. The second-order valence-electron chi connectivity index (χ2n) is 9.90. The van der Waals surface area contributed by atoms with Gasteiger partial charge in [-0.05, 0) is 39.8 Å². The van der Waals surface area contributed by atoms with Crippen LogP contribution in [0.2, 0.25) is 0 Å². The van der Waals surface area contributed by atoms with Crippen LogP contribution in [0.1, 0.15) is 32.8 Å². The van der Waals surface area contributed by atoms with Gasteiger partial charge in [0, 0.05) is 14.1 Å². The van der Waals surface area contributed by atoms with E-state index in [1.165, 1.54) is 25.4 Å². The molecule has 0 bridgehead atoms. The van der Waals surface area contributed by atoms with Gasteiger partial charge in [0.05, 0.1) is 12.9 Å². The summed E-state index contributed by atoms with van der Waals surface area (Å²) in [6.07, 6.45) is -2.94. The third kappa shape index (κ3) is 6.19. The van der Waals surface area contributed by atoms with Gasteiger partial charge >= 0.3 is 13.7 Å². The number of anilines is 1. The molecule has 41 heavy (non-hydrogen) atoms. The summed E-state index contributed by atoms with van der Waals surface area (Å²) in [5.41, 5.74) is -2.27. The number of hydrogen-bond donors (Lipinski definition) is 2. The average Bonchev–Trinajstić information content (AvgIpc) is 3.40. The number of halogens is 2. The fourth-order valence-electron chi connectivity index (χ4n) is 4.29. The Labute approximate surface area is 235 Å². The molecule has 1 aliphatic rings. The van der Waals surface area contributed by atoms with E-state index in [0.717, 1.165) is 11.5 Å². The molecular formula is C25H33F2N6O7P. The van der Waals surface area contributed by atoms with Crippen LogP contribution in [0.15, 0.2) is 36.7 Å². The number of carbonyl (C=O) groups excluding carboxylic acids is 1. The fraction of sp³-hybridized carbons (Fsp3) is 0.520.